The number of para-hydroxylation sites is 1. The molecule has 1 aromatic carbocycles. The van der Waals surface area contributed by atoms with Crippen LogP contribution in [0.4, 0.5) is 10.7 Å². The van der Waals surface area contributed by atoms with Gasteiger partial charge < -0.3 is 11.1 Å². The second-order valence-corrected chi connectivity index (χ2v) is 8.37. The van der Waals surface area contributed by atoms with Crippen LogP contribution in [0.3, 0.4) is 0 Å². The predicted molar refractivity (Wildman–Crippen MR) is 95.5 cm³/mol. The maximum Gasteiger partial charge on any atom is 0.238 e. The largest absolute Gasteiger partial charge is 0.398 e. The summed E-state index contributed by atoms with van der Waals surface area (Å²) in [4.78, 5) is 13.2. The molecule has 0 aliphatic heterocycles. The summed E-state index contributed by atoms with van der Waals surface area (Å²) in [6, 6.07) is 11.6. The maximum absolute atomic E-state index is 12.2. The van der Waals surface area contributed by atoms with E-state index in [1.807, 2.05) is 43.3 Å². The van der Waals surface area contributed by atoms with Crippen molar-refractivity contribution in [1.29, 1.82) is 0 Å². The fourth-order valence-corrected chi connectivity index (χ4v) is 4.52. The Morgan fingerprint density at radius 2 is 2.10 bits per heavy atom. The molecule has 3 N–H and O–H groups in total. The Morgan fingerprint density at radius 3 is 2.81 bits per heavy atom. The first kappa shape index (κ1) is 16.3. The van der Waals surface area contributed by atoms with Crippen LogP contribution < -0.4 is 11.1 Å². The molecule has 1 atom stereocenters. The predicted octanol–water partition coefficient (Wildman–Crippen LogP) is 4.56. The highest BCUT2D eigenvalue weighted by Crippen LogP contribution is 2.32. The Kier molecular flexibility index (Phi) is 6.02. The van der Waals surface area contributed by atoms with Gasteiger partial charge in [-0.15, -0.1) is 34.9 Å². The molecule has 0 bridgehead atoms. The summed E-state index contributed by atoms with van der Waals surface area (Å²) < 4.78 is 1.22. The Labute approximate surface area is 137 Å². The molecule has 0 aliphatic carbocycles. The lowest BCUT2D eigenvalue weighted by Crippen LogP contribution is -2.21. The number of carbonyl (C=O) groups is 1. The average molecular weight is 339 g/mol. The first-order valence-corrected chi connectivity index (χ1v) is 9.33. The zero-order valence-electron chi connectivity index (χ0n) is 12.0. The van der Waals surface area contributed by atoms with Gasteiger partial charge >= 0.3 is 0 Å². The molecule has 6 heteroatoms. The summed E-state index contributed by atoms with van der Waals surface area (Å²) in [7, 11) is 0. The van der Waals surface area contributed by atoms with Crippen LogP contribution in [-0.2, 0) is 4.79 Å². The van der Waals surface area contributed by atoms with Crippen molar-refractivity contribution < 1.29 is 4.79 Å². The summed E-state index contributed by atoms with van der Waals surface area (Å²) >= 11 is 4.87. The second kappa shape index (κ2) is 7.77. The topological polar surface area (TPSA) is 55.1 Å². The molecule has 2 aromatic rings. The van der Waals surface area contributed by atoms with E-state index in [2.05, 4.69) is 12.2 Å². The number of hydrogen-bond acceptors (Lipinski definition) is 5. The summed E-state index contributed by atoms with van der Waals surface area (Å²) in [6.45, 7) is 4.01. The SMILES string of the molecule is CCSc1ccc(NC(=O)C(C)Sc2ccccc2N)s1. The van der Waals surface area contributed by atoms with E-state index in [0.717, 1.165) is 15.6 Å². The first-order chi connectivity index (χ1) is 10.1. The Balaban J connectivity index is 1.94. The minimum Gasteiger partial charge on any atom is -0.398 e. The zero-order chi connectivity index (χ0) is 15.2. The van der Waals surface area contributed by atoms with Crippen LogP contribution in [0, 0.1) is 0 Å². The normalized spacial score (nSPS) is 12.1. The highest BCUT2D eigenvalue weighted by molar-refractivity contribution is 8.01. The van der Waals surface area contributed by atoms with Gasteiger partial charge in [0.2, 0.25) is 5.91 Å². The third-order valence-corrected chi connectivity index (χ3v) is 6.01. The third-order valence-electron chi connectivity index (χ3n) is 2.71. The number of benzene rings is 1. The molecule has 0 radical (unpaired) electrons. The van der Waals surface area contributed by atoms with Crippen molar-refractivity contribution in [3.63, 3.8) is 0 Å². The first-order valence-electron chi connectivity index (χ1n) is 6.64. The number of anilines is 2. The highest BCUT2D eigenvalue weighted by atomic mass is 32.2. The third kappa shape index (κ3) is 4.69. The monoisotopic (exact) mass is 338 g/mol. The van der Waals surface area contributed by atoms with Gasteiger partial charge in [0.25, 0.3) is 0 Å². The molecular weight excluding hydrogens is 320 g/mol. The number of amides is 1. The van der Waals surface area contributed by atoms with E-state index in [1.165, 1.54) is 16.0 Å². The van der Waals surface area contributed by atoms with Gasteiger partial charge in [0.05, 0.1) is 14.5 Å². The summed E-state index contributed by atoms with van der Waals surface area (Å²) in [6.07, 6.45) is 0. The van der Waals surface area contributed by atoms with Crippen molar-refractivity contribution in [2.45, 2.75) is 28.2 Å². The molecule has 0 spiro atoms. The molecule has 112 valence electrons. The number of rotatable bonds is 6. The van der Waals surface area contributed by atoms with Crippen LogP contribution in [0.25, 0.3) is 0 Å². The molecule has 2 rings (SSSR count). The average Bonchev–Trinajstić information content (AvgIpc) is 2.89. The van der Waals surface area contributed by atoms with Gasteiger partial charge in [-0.05, 0) is 36.9 Å². The lowest BCUT2D eigenvalue weighted by molar-refractivity contribution is -0.115. The van der Waals surface area contributed by atoms with Crippen molar-refractivity contribution in [2.24, 2.45) is 0 Å². The van der Waals surface area contributed by atoms with Gasteiger partial charge in [-0.3, -0.25) is 4.79 Å². The van der Waals surface area contributed by atoms with Crippen molar-refractivity contribution >= 4 is 51.5 Å². The van der Waals surface area contributed by atoms with E-state index in [0.29, 0.717) is 5.69 Å². The molecule has 1 amide bonds. The fourth-order valence-electron chi connectivity index (χ4n) is 1.66. The maximum atomic E-state index is 12.2. The summed E-state index contributed by atoms with van der Waals surface area (Å²) in [5.74, 6) is 1.03. The quantitative estimate of drug-likeness (QED) is 0.599. The number of hydrogen-bond donors (Lipinski definition) is 2. The van der Waals surface area contributed by atoms with Crippen molar-refractivity contribution in [2.75, 3.05) is 16.8 Å². The van der Waals surface area contributed by atoms with Crippen LogP contribution in [0.5, 0.6) is 0 Å². The number of thioether (sulfide) groups is 2. The van der Waals surface area contributed by atoms with Gasteiger partial charge in [0, 0.05) is 10.6 Å². The fraction of sp³-hybridized carbons (Fsp3) is 0.267. The lowest BCUT2D eigenvalue weighted by atomic mass is 10.3. The van der Waals surface area contributed by atoms with Crippen LogP contribution in [-0.4, -0.2) is 16.9 Å². The van der Waals surface area contributed by atoms with Crippen molar-refractivity contribution in [3.8, 4) is 0 Å². The van der Waals surface area contributed by atoms with Crippen molar-refractivity contribution in [3.05, 3.63) is 36.4 Å². The Bertz CT molecular complexity index is 612. The van der Waals surface area contributed by atoms with Crippen LogP contribution in [0.15, 0.2) is 45.5 Å². The Hall–Kier alpha value is -1.11. The summed E-state index contributed by atoms with van der Waals surface area (Å²) in [5, 5.41) is 3.66. The molecule has 0 fully saturated rings. The molecule has 0 saturated heterocycles. The van der Waals surface area contributed by atoms with E-state index in [4.69, 9.17) is 5.73 Å². The number of nitrogens with two attached hydrogens (primary N) is 1. The number of nitrogen functional groups attached to an aromatic ring is 1. The summed E-state index contributed by atoms with van der Waals surface area (Å²) in [5.41, 5.74) is 6.61. The second-order valence-electron chi connectivity index (χ2n) is 4.34. The molecule has 1 unspecified atom stereocenters. The number of nitrogens with one attached hydrogen (secondary N) is 1. The molecule has 1 aromatic heterocycles. The standard InChI is InChI=1S/C15H18N2OS3/c1-3-19-14-9-8-13(21-14)17-15(18)10(2)20-12-7-5-4-6-11(12)16/h4-10H,3,16H2,1-2H3,(H,17,18). The van der Waals surface area contributed by atoms with Gasteiger partial charge in [-0.25, -0.2) is 0 Å². The van der Waals surface area contributed by atoms with Crippen LogP contribution in [0.2, 0.25) is 0 Å². The van der Waals surface area contributed by atoms with Gasteiger partial charge in [0.15, 0.2) is 0 Å². The minimum absolute atomic E-state index is 0.00171. The number of carbonyl (C=O) groups excluding carboxylic acids is 1. The van der Waals surface area contributed by atoms with Gasteiger partial charge in [-0.1, -0.05) is 19.1 Å². The minimum atomic E-state index is -0.195. The molecule has 0 aliphatic rings. The van der Waals surface area contributed by atoms with E-state index in [-0.39, 0.29) is 11.2 Å². The van der Waals surface area contributed by atoms with E-state index in [1.54, 1.807) is 23.1 Å². The van der Waals surface area contributed by atoms with Gasteiger partial charge in [-0.2, -0.15) is 0 Å². The van der Waals surface area contributed by atoms with Gasteiger partial charge in [0.1, 0.15) is 0 Å². The lowest BCUT2D eigenvalue weighted by Gasteiger charge is -2.12. The Morgan fingerprint density at radius 1 is 1.33 bits per heavy atom. The van der Waals surface area contributed by atoms with Crippen molar-refractivity contribution in [1.82, 2.24) is 0 Å². The highest BCUT2D eigenvalue weighted by Gasteiger charge is 2.16. The zero-order valence-corrected chi connectivity index (χ0v) is 14.4. The van der Waals surface area contributed by atoms with E-state index >= 15 is 0 Å². The smallest absolute Gasteiger partial charge is 0.238 e. The van der Waals surface area contributed by atoms with Crippen LogP contribution >= 0.6 is 34.9 Å². The molecule has 1 heterocycles. The number of thiophene rings is 1. The van der Waals surface area contributed by atoms with Crippen LogP contribution in [0.1, 0.15) is 13.8 Å². The van der Waals surface area contributed by atoms with E-state index < -0.39 is 0 Å². The molecule has 0 saturated carbocycles. The van der Waals surface area contributed by atoms with E-state index in [9.17, 15) is 4.79 Å². The molecule has 21 heavy (non-hydrogen) atoms. The molecule has 3 nitrogen and oxygen atoms in total. The molecular formula is C15H18N2OS3.